The van der Waals surface area contributed by atoms with E-state index in [1.165, 1.54) is 6.20 Å². The van der Waals surface area contributed by atoms with Crippen molar-refractivity contribution in [2.75, 3.05) is 6.61 Å². The molecule has 0 aliphatic heterocycles. The Labute approximate surface area is 69.8 Å². The lowest BCUT2D eigenvalue weighted by atomic mass is 10.3. The fourth-order valence-corrected chi connectivity index (χ4v) is 0.778. The first-order valence-electron chi connectivity index (χ1n) is 3.04. The molecule has 0 unspecified atom stereocenters. The third-order valence-electron chi connectivity index (χ3n) is 1.07. The van der Waals surface area contributed by atoms with Crippen molar-refractivity contribution in [3.63, 3.8) is 0 Å². The number of pyridine rings is 1. The second kappa shape index (κ2) is 3.97. The topological polar surface area (TPSA) is 33.1 Å². The minimum Gasteiger partial charge on any atom is -0.384 e. The van der Waals surface area contributed by atoms with Crippen LogP contribution in [-0.2, 0) is 0 Å². The smallest absolute Gasteiger partial charge is 0.104 e. The van der Waals surface area contributed by atoms with Crippen LogP contribution in [0.5, 0.6) is 0 Å². The molecule has 1 heterocycles. The normalized spacial score (nSPS) is 8.55. The van der Waals surface area contributed by atoms with Crippen LogP contribution in [0.2, 0.25) is 5.02 Å². The fraction of sp³-hybridized carbons (Fsp3) is 0.125. The number of aliphatic hydroxyl groups is 1. The van der Waals surface area contributed by atoms with Crippen LogP contribution in [0.15, 0.2) is 18.5 Å². The third-order valence-corrected chi connectivity index (χ3v) is 1.38. The number of aromatic nitrogens is 1. The SMILES string of the molecule is OCC#Cc1ccncc1Cl. The first kappa shape index (κ1) is 8.06. The maximum Gasteiger partial charge on any atom is 0.104 e. The largest absolute Gasteiger partial charge is 0.384 e. The Morgan fingerprint density at radius 1 is 1.64 bits per heavy atom. The van der Waals surface area contributed by atoms with Gasteiger partial charge in [-0.3, -0.25) is 4.98 Å². The molecular formula is C8H6ClNO. The lowest BCUT2D eigenvalue weighted by Gasteiger charge is -1.90. The van der Waals surface area contributed by atoms with Gasteiger partial charge in [0.1, 0.15) is 6.61 Å². The molecule has 3 heteroatoms. The van der Waals surface area contributed by atoms with E-state index in [9.17, 15) is 0 Å². The average molecular weight is 168 g/mol. The molecule has 0 amide bonds. The summed E-state index contributed by atoms with van der Waals surface area (Å²) in [5.74, 6) is 5.19. The van der Waals surface area contributed by atoms with Crippen molar-refractivity contribution in [3.8, 4) is 11.8 Å². The van der Waals surface area contributed by atoms with Gasteiger partial charge in [-0.2, -0.15) is 0 Å². The van der Waals surface area contributed by atoms with E-state index in [1.54, 1.807) is 12.3 Å². The molecule has 2 nitrogen and oxygen atoms in total. The van der Waals surface area contributed by atoms with Gasteiger partial charge in [-0.1, -0.05) is 23.4 Å². The van der Waals surface area contributed by atoms with Crippen LogP contribution < -0.4 is 0 Å². The van der Waals surface area contributed by atoms with Crippen LogP contribution in [0, 0.1) is 11.8 Å². The van der Waals surface area contributed by atoms with Crippen molar-refractivity contribution in [3.05, 3.63) is 29.0 Å². The van der Waals surface area contributed by atoms with Gasteiger partial charge in [0.25, 0.3) is 0 Å². The zero-order valence-corrected chi connectivity index (χ0v) is 6.47. The molecule has 1 N–H and O–H groups in total. The first-order valence-corrected chi connectivity index (χ1v) is 3.41. The molecule has 1 aromatic rings. The number of hydrogen-bond acceptors (Lipinski definition) is 2. The van der Waals surface area contributed by atoms with Crippen molar-refractivity contribution >= 4 is 11.6 Å². The van der Waals surface area contributed by atoms with Crippen LogP contribution >= 0.6 is 11.6 Å². The maximum atomic E-state index is 8.39. The van der Waals surface area contributed by atoms with Crippen LogP contribution in [-0.4, -0.2) is 16.7 Å². The van der Waals surface area contributed by atoms with Crippen LogP contribution in [0.1, 0.15) is 5.56 Å². The molecule has 0 fully saturated rings. The molecule has 0 spiro atoms. The molecule has 0 aliphatic carbocycles. The third kappa shape index (κ3) is 2.23. The first-order chi connectivity index (χ1) is 5.34. The van der Waals surface area contributed by atoms with E-state index in [-0.39, 0.29) is 6.61 Å². The van der Waals surface area contributed by atoms with Crippen LogP contribution in [0.25, 0.3) is 0 Å². The molecule has 56 valence electrons. The average Bonchev–Trinajstić information content (AvgIpc) is 2.03. The summed E-state index contributed by atoms with van der Waals surface area (Å²) in [5, 5.41) is 8.89. The molecule has 0 atom stereocenters. The summed E-state index contributed by atoms with van der Waals surface area (Å²) < 4.78 is 0. The van der Waals surface area contributed by atoms with Gasteiger partial charge < -0.3 is 5.11 Å². The van der Waals surface area contributed by atoms with E-state index >= 15 is 0 Å². The summed E-state index contributed by atoms with van der Waals surface area (Å²) in [4.78, 5) is 3.79. The van der Waals surface area contributed by atoms with Crippen molar-refractivity contribution in [1.82, 2.24) is 4.98 Å². The highest BCUT2D eigenvalue weighted by molar-refractivity contribution is 6.31. The molecule has 1 rings (SSSR count). The Balaban J connectivity index is 2.95. The van der Waals surface area contributed by atoms with Crippen LogP contribution in [0.4, 0.5) is 0 Å². The Morgan fingerprint density at radius 2 is 2.45 bits per heavy atom. The van der Waals surface area contributed by atoms with Crippen molar-refractivity contribution in [2.24, 2.45) is 0 Å². The molecule has 0 radical (unpaired) electrons. The standard InChI is InChI=1S/C8H6ClNO/c9-8-6-10-4-3-7(8)2-1-5-11/h3-4,6,11H,5H2. The second-order valence-corrected chi connectivity index (χ2v) is 2.22. The number of aliphatic hydroxyl groups excluding tert-OH is 1. The Morgan fingerprint density at radius 3 is 3.09 bits per heavy atom. The Kier molecular flexibility index (Phi) is 2.91. The van der Waals surface area contributed by atoms with Gasteiger partial charge in [0, 0.05) is 18.0 Å². The summed E-state index contributed by atoms with van der Waals surface area (Å²) in [7, 11) is 0. The summed E-state index contributed by atoms with van der Waals surface area (Å²) >= 11 is 5.71. The van der Waals surface area contributed by atoms with Crippen LogP contribution in [0.3, 0.4) is 0 Å². The van der Waals surface area contributed by atoms with Gasteiger partial charge in [0.05, 0.1) is 5.02 Å². The van der Waals surface area contributed by atoms with E-state index in [1.807, 2.05) is 0 Å². The minimum atomic E-state index is -0.154. The summed E-state index contributed by atoms with van der Waals surface area (Å²) in [5.41, 5.74) is 0.690. The summed E-state index contributed by atoms with van der Waals surface area (Å²) in [6.45, 7) is -0.154. The highest BCUT2D eigenvalue weighted by Gasteiger charge is 1.92. The van der Waals surface area contributed by atoms with Gasteiger partial charge >= 0.3 is 0 Å². The van der Waals surface area contributed by atoms with Gasteiger partial charge in [0.15, 0.2) is 0 Å². The molecule has 0 aliphatic rings. The predicted octanol–water partition coefficient (Wildman–Crippen LogP) is 1.08. The van der Waals surface area contributed by atoms with E-state index < -0.39 is 0 Å². The fourth-order valence-electron chi connectivity index (χ4n) is 0.611. The number of hydrogen-bond donors (Lipinski definition) is 1. The second-order valence-electron chi connectivity index (χ2n) is 1.82. The molecule has 0 saturated heterocycles. The van der Waals surface area contributed by atoms with Gasteiger partial charge in [-0.15, -0.1) is 0 Å². The summed E-state index contributed by atoms with van der Waals surface area (Å²) in [6.07, 6.45) is 3.12. The predicted molar refractivity (Wildman–Crippen MR) is 43.2 cm³/mol. The molecule has 0 bridgehead atoms. The number of rotatable bonds is 0. The van der Waals surface area contributed by atoms with Gasteiger partial charge in [0.2, 0.25) is 0 Å². The molecule has 0 aromatic carbocycles. The lowest BCUT2D eigenvalue weighted by Crippen LogP contribution is -1.79. The highest BCUT2D eigenvalue weighted by atomic mass is 35.5. The van der Waals surface area contributed by atoms with E-state index in [0.29, 0.717) is 10.6 Å². The van der Waals surface area contributed by atoms with E-state index in [4.69, 9.17) is 16.7 Å². The maximum absolute atomic E-state index is 8.39. The minimum absolute atomic E-state index is 0.154. The quantitative estimate of drug-likeness (QED) is 0.587. The highest BCUT2D eigenvalue weighted by Crippen LogP contribution is 2.10. The van der Waals surface area contributed by atoms with Crippen molar-refractivity contribution in [1.29, 1.82) is 0 Å². The molecule has 1 aromatic heterocycles. The van der Waals surface area contributed by atoms with Crippen molar-refractivity contribution < 1.29 is 5.11 Å². The molecule has 0 saturated carbocycles. The Bertz CT molecular complexity index is 300. The van der Waals surface area contributed by atoms with Gasteiger partial charge in [-0.05, 0) is 6.07 Å². The van der Waals surface area contributed by atoms with E-state index in [0.717, 1.165) is 0 Å². The molecule has 11 heavy (non-hydrogen) atoms. The monoisotopic (exact) mass is 167 g/mol. The lowest BCUT2D eigenvalue weighted by molar-refractivity contribution is 0.350. The summed E-state index contributed by atoms with van der Waals surface area (Å²) in [6, 6.07) is 1.70. The number of nitrogens with zero attached hydrogens (tertiary/aromatic N) is 1. The van der Waals surface area contributed by atoms with E-state index in [2.05, 4.69) is 16.8 Å². The molecular weight excluding hydrogens is 162 g/mol. The number of halogens is 1. The Hall–Kier alpha value is -1.04. The zero-order chi connectivity index (χ0) is 8.10. The van der Waals surface area contributed by atoms with Crippen molar-refractivity contribution in [2.45, 2.75) is 0 Å². The zero-order valence-electron chi connectivity index (χ0n) is 5.71. The van der Waals surface area contributed by atoms with Gasteiger partial charge in [-0.25, -0.2) is 0 Å².